The average molecular weight is 955 g/mol. The van der Waals surface area contributed by atoms with E-state index in [2.05, 4.69) is 59.6 Å². The Balaban J connectivity index is -0.0000000210. The summed E-state index contributed by atoms with van der Waals surface area (Å²) in [6, 6.07) is 0.380. The number of ether oxygens (including phenoxy) is 8. The van der Waals surface area contributed by atoms with E-state index in [9.17, 15) is 24.0 Å². The number of aliphatic carboxylic acids is 1. The molecule has 404 valence electrons. The van der Waals surface area contributed by atoms with E-state index in [1.165, 1.54) is 28.3 Å². The molecule has 0 aromatic carbocycles. The number of carboxylic acids is 1. The lowest BCUT2D eigenvalue weighted by atomic mass is 10.2. The highest BCUT2D eigenvalue weighted by Gasteiger charge is 2.03. The number of rotatable bonds is 13. The zero-order valence-electron chi connectivity index (χ0n) is 32.8. The van der Waals surface area contributed by atoms with E-state index in [1.807, 2.05) is 6.92 Å². The van der Waals surface area contributed by atoms with Crippen LogP contribution in [0.2, 0.25) is 0 Å². The third kappa shape index (κ3) is 173. The molecule has 1 aromatic rings. The first-order valence-electron chi connectivity index (χ1n) is 14.9. The summed E-state index contributed by atoms with van der Waals surface area (Å²) < 4.78 is 35.0. The van der Waals surface area contributed by atoms with Crippen molar-refractivity contribution in [1.82, 2.24) is 15.0 Å². The summed E-state index contributed by atoms with van der Waals surface area (Å²) in [5, 5.41) is 23.4. The molecule has 1 heterocycles. The number of nitrogens with zero attached hydrogens (tertiary/aromatic N) is 3. The Morgan fingerprint density at radius 1 is 0.672 bits per heavy atom. The van der Waals surface area contributed by atoms with Gasteiger partial charge in [-0.3, -0.25) is 14.8 Å². The number of Topliss-reactive ketones (excluding diaryl/α,β-unsaturated/α-hetero) is 1. The first-order valence-corrected chi connectivity index (χ1v) is 14.9. The number of carboxylic acid groups (broad SMARTS) is 2. The van der Waals surface area contributed by atoms with Crippen LogP contribution in [-0.2, 0) is 57.2 Å². The molecule has 0 radical (unpaired) electrons. The summed E-state index contributed by atoms with van der Waals surface area (Å²) in [4.78, 5) is 64.6. The molecule has 1 unspecified atom stereocenters. The Labute approximate surface area is 395 Å². The standard InChI is InChI=1S/C6H9N3O.2C5H10O3.C4H8O.C3H4O4.C3H6O3.C3H8O.C2H7NO.12CH4/c1-4-7-5(2)9-6(8-4)10-3;1-4(6)3-5(2)8-7;1-3-8-5(6)4-7-2;1-3-4-5-2;1-2(4)7-3(5)6;1-6-2-3(4)5;1-3-4-2;1-4-2-3;;;;;;;;;;;;/h1-3H3;5,7H,3H2,1-2H3;3-4H2,1-2H3;3H,1,4H2,2H3;1H3,(H,5,6);2H2,1H3,(H,4,5);3H2,1-2H3;2-3H2,1H3;12*1H4. The van der Waals surface area contributed by atoms with Gasteiger partial charge in [0, 0.05) is 55.5 Å². The van der Waals surface area contributed by atoms with Gasteiger partial charge in [-0.05, 0) is 41.5 Å². The molecule has 21 heteroatoms. The van der Waals surface area contributed by atoms with Gasteiger partial charge < -0.3 is 53.8 Å². The molecule has 1 aromatic heterocycles. The Bertz CT molecular complexity index is 946. The number of aromatic nitrogens is 3. The number of carbonyl (C=O) groups is 5. The highest BCUT2D eigenvalue weighted by atomic mass is 17.1. The highest BCUT2D eigenvalue weighted by molar-refractivity contribution is 5.78. The number of hydrogen-bond donors (Lipinski definition) is 4. The third-order valence-electron chi connectivity index (χ3n) is 3.58. The molecule has 0 saturated carbocycles. The van der Waals surface area contributed by atoms with E-state index < -0.39 is 18.1 Å². The molecule has 0 aliphatic heterocycles. The van der Waals surface area contributed by atoms with Crippen LogP contribution >= 0.6 is 0 Å². The quantitative estimate of drug-likeness (QED) is 0.0357. The molecular formula is C43H110N4O17. The number of nitrogens with two attached hydrogens (primary N) is 1. The fourth-order valence-electron chi connectivity index (χ4n) is 1.80. The second-order valence-electron chi connectivity index (χ2n) is 8.44. The lowest BCUT2D eigenvalue weighted by Gasteiger charge is -2.01. The van der Waals surface area contributed by atoms with Gasteiger partial charge in [-0.2, -0.15) is 9.97 Å². The number of aryl methyl sites for hydroxylation is 2. The van der Waals surface area contributed by atoms with Gasteiger partial charge in [0.05, 0.1) is 33.2 Å². The maximum absolute atomic E-state index is 10.3. The molecule has 21 nitrogen and oxygen atoms in total. The predicted molar refractivity (Wildman–Crippen MR) is 269 cm³/mol. The van der Waals surface area contributed by atoms with Crippen LogP contribution < -0.4 is 10.5 Å². The molecule has 0 aliphatic carbocycles. The van der Waals surface area contributed by atoms with Crippen molar-refractivity contribution in [1.29, 1.82) is 0 Å². The molecule has 1 rings (SSSR count). The van der Waals surface area contributed by atoms with Crippen molar-refractivity contribution in [3.63, 3.8) is 0 Å². The van der Waals surface area contributed by atoms with Crippen molar-refractivity contribution < 1.29 is 82.2 Å². The summed E-state index contributed by atoms with van der Waals surface area (Å²) in [5.74, 6) is -0.666. The van der Waals surface area contributed by atoms with Gasteiger partial charge in [-0.15, -0.1) is 6.58 Å². The minimum atomic E-state index is -1.56. The summed E-state index contributed by atoms with van der Waals surface area (Å²) in [6.45, 7) is 16.9. The maximum Gasteiger partial charge on any atom is 0.513 e. The van der Waals surface area contributed by atoms with Gasteiger partial charge in [0.2, 0.25) is 0 Å². The van der Waals surface area contributed by atoms with Gasteiger partial charge in [-0.1, -0.05) is 95.2 Å². The van der Waals surface area contributed by atoms with Crippen LogP contribution in [0.4, 0.5) is 4.79 Å². The molecule has 5 N–H and O–H groups in total. The van der Waals surface area contributed by atoms with Crippen LogP contribution in [0.5, 0.6) is 6.01 Å². The SMILES string of the molecule is C.C.C.C.C.C.C.C.C.C.C.C.C=CCOC.CC(=O)CC(C)OO.CC(=O)OC(=O)O.CCOC.CCOC(=O)COC.COCC(=O)O.COCN.COc1nc(C)nc(C)n1. The highest BCUT2D eigenvalue weighted by Crippen LogP contribution is 2.00. The fourth-order valence-corrected chi connectivity index (χ4v) is 1.80. The molecule has 0 fully saturated rings. The van der Waals surface area contributed by atoms with Crippen LogP contribution in [0.3, 0.4) is 0 Å². The average Bonchev–Trinajstić information content (AvgIpc) is 3.05. The van der Waals surface area contributed by atoms with Crippen LogP contribution in [0.25, 0.3) is 0 Å². The lowest BCUT2D eigenvalue weighted by Crippen LogP contribution is -2.10. The van der Waals surface area contributed by atoms with Gasteiger partial charge in [-0.25, -0.2) is 24.3 Å². The Morgan fingerprint density at radius 2 is 1.05 bits per heavy atom. The Morgan fingerprint density at radius 3 is 1.17 bits per heavy atom. The molecule has 0 spiro atoms. The van der Waals surface area contributed by atoms with Crippen molar-refractivity contribution in [3.8, 4) is 6.01 Å². The van der Waals surface area contributed by atoms with Crippen molar-refractivity contribution in [2.24, 2.45) is 5.73 Å². The number of carbonyl (C=O) groups excluding carboxylic acids is 3. The van der Waals surface area contributed by atoms with E-state index in [0.717, 1.165) is 13.5 Å². The van der Waals surface area contributed by atoms with Crippen LogP contribution in [0.1, 0.15) is 142 Å². The van der Waals surface area contributed by atoms with Crippen molar-refractivity contribution in [2.45, 2.75) is 150 Å². The topological polar surface area (TPSA) is 294 Å². The van der Waals surface area contributed by atoms with Crippen molar-refractivity contribution >= 4 is 29.8 Å². The minimum absolute atomic E-state index is 0. The first kappa shape index (κ1) is 124. The second-order valence-corrected chi connectivity index (χ2v) is 8.44. The van der Waals surface area contributed by atoms with Crippen LogP contribution in [0, 0.1) is 13.8 Å². The zero-order chi connectivity index (χ0) is 42.3. The van der Waals surface area contributed by atoms with E-state index >= 15 is 0 Å². The van der Waals surface area contributed by atoms with Crippen LogP contribution in [0.15, 0.2) is 12.7 Å². The number of esters is 2. The molecule has 1 atom stereocenters. The van der Waals surface area contributed by atoms with Gasteiger partial charge >= 0.3 is 30.1 Å². The summed E-state index contributed by atoms with van der Waals surface area (Å²) in [6.07, 6.45) is 0.0521. The summed E-state index contributed by atoms with van der Waals surface area (Å²) in [7, 11) is 9.21. The molecule has 0 bridgehead atoms. The van der Waals surface area contributed by atoms with Crippen molar-refractivity contribution in [3.05, 3.63) is 24.3 Å². The number of methoxy groups -OCH3 is 6. The molecule has 0 saturated heterocycles. The summed E-state index contributed by atoms with van der Waals surface area (Å²) in [5.41, 5.74) is 4.81. The largest absolute Gasteiger partial charge is 0.513 e. The minimum Gasteiger partial charge on any atom is -0.480 e. The smallest absolute Gasteiger partial charge is 0.480 e. The maximum atomic E-state index is 10.3. The first-order chi connectivity index (χ1) is 24.3. The number of ketones is 1. The molecular weight excluding hydrogens is 844 g/mol. The normalized spacial score (nSPS) is 7.36. The van der Waals surface area contributed by atoms with E-state index in [4.69, 9.17) is 25.9 Å². The lowest BCUT2D eigenvalue weighted by molar-refractivity contribution is -0.273. The summed E-state index contributed by atoms with van der Waals surface area (Å²) >= 11 is 0. The van der Waals surface area contributed by atoms with Gasteiger partial charge in [0.25, 0.3) is 0 Å². The van der Waals surface area contributed by atoms with Gasteiger partial charge in [0.1, 0.15) is 30.6 Å². The predicted octanol–water partition coefficient (Wildman–Crippen LogP) is 10.1. The molecule has 64 heavy (non-hydrogen) atoms. The third-order valence-corrected chi connectivity index (χ3v) is 3.58. The van der Waals surface area contributed by atoms with Crippen molar-refractivity contribution in [2.75, 3.05) is 82.4 Å². The molecule has 0 aliphatic rings. The van der Waals surface area contributed by atoms with Gasteiger partial charge in [0.15, 0.2) is 0 Å². The Kier molecular flexibility index (Phi) is 208. The zero-order valence-corrected chi connectivity index (χ0v) is 32.8. The monoisotopic (exact) mass is 955 g/mol. The molecule has 0 amide bonds. The van der Waals surface area contributed by atoms with E-state index in [-0.39, 0.29) is 127 Å². The van der Waals surface area contributed by atoms with E-state index in [1.54, 1.807) is 55.1 Å². The number of hydrogen-bond acceptors (Lipinski definition) is 19. The van der Waals surface area contributed by atoms with Crippen LogP contribution in [-0.4, -0.2) is 149 Å². The van der Waals surface area contributed by atoms with E-state index in [0.29, 0.717) is 37.6 Å². The fraction of sp³-hybridized carbons (Fsp3) is 0.767. The second kappa shape index (κ2) is 107. The Hall–Kier alpha value is -4.22.